The zero-order valence-corrected chi connectivity index (χ0v) is 15.2. The predicted molar refractivity (Wildman–Crippen MR) is 102 cm³/mol. The van der Waals surface area contributed by atoms with Crippen LogP contribution in [0.25, 0.3) is 0 Å². The Kier molecular flexibility index (Phi) is 6.31. The summed E-state index contributed by atoms with van der Waals surface area (Å²) >= 11 is 0. The first-order valence-electron chi connectivity index (χ1n) is 8.26. The van der Waals surface area contributed by atoms with E-state index in [4.69, 9.17) is 0 Å². The van der Waals surface area contributed by atoms with Crippen LogP contribution in [0.3, 0.4) is 0 Å². The van der Waals surface area contributed by atoms with Crippen molar-refractivity contribution in [3.63, 3.8) is 0 Å². The summed E-state index contributed by atoms with van der Waals surface area (Å²) in [6.45, 7) is 6.28. The van der Waals surface area contributed by atoms with Crippen LogP contribution < -0.4 is 10.6 Å². The van der Waals surface area contributed by atoms with Crippen molar-refractivity contribution >= 4 is 23.2 Å². The molecule has 2 aromatic rings. The van der Waals surface area contributed by atoms with Gasteiger partial charge in [-0.1, -0.05) is 35.9 Å². The number of benzene rings is 2. The average Bonchev–Trinajstić information content (AvgIpc) is 2.51. The van der Waals surface area contributed by atoms with E-state index in [1.165, 1.54) is 5.56 Å². The predicted octanol–water partition coefficient (Wildman–Crippen LogP) is 3.12. The molecular weight excluding hydrogens is 314 g/mol. The van der Waals surface area contributed by atoms with Crippen molar-refractivity contribution < 1.29 is 9.59 Å². The molecule has 0 heterocycles. The van der Waals surface area contributed by atoms with Gasteiger partial charge in [-0.25, -0.2) is 0 Å². The molecule has 0 spiro atoms. The smallest absolute Gasteiger partial charge is 0.238 e. The molecule has 2 N–H and O–H groups in total. The number of hydrogen-bond donors (Lipinski definition) is 2. The van der Waals surface area contributed by atoms with E-state index in [0.29, 0.717) is 0 Å². The molecule has 0 fully saturated rings. The minimum Gasteiger partial charge on any atom is -0.325 e. The normalized spacial score (nSPS) is 10.6. The van der Waals surface area contributed by atoms with E-state index in [2.05, 4.69) is 10.6 Å². The summed E-state index contributed by atoms with van der Waals surface area (Å²) in [7, 11) is 1.75. The summed E-state index contributed by atoms with van der Waals surface area (Å²) in [6, 6.07) is 13.3. The molecule has 0 radical (unpaired) electrons. The lowest BCUT2D eigenvalue weighted by Gasteiger charge is -2.18. The highest BCUT2D eigenvalue weighted by atomic mass is 16.2. The lowest BCUT2D eigenvalue weighted by Crippen LogP contribution is -2.36. The van der Waals surface area contributed by atoms with Gasteiger partial charge in [0.2, 0.25) is 11.8 Å². The van der Waals surface area contributed by atoms with E-state index in [-0.39, 0.29) is 24.9 Å². The standard InChI is InChI=1S/C20H25N3O2/c1-14-10-15(2)20(16(3)11-14)22-19(25)13-23(4)12-18(24)21-17-8-6-5-7-9-17/h5-11H,12-13H2,1-4H3,(H,21,24)(H,22,25). The van der Waals surface area contributed by atoms with Gasteiger partial charge in [-0.15, -0.1) is 0 Å². The number of carbonyl (C=O) groups is 2. The maximum absolute atomic E-state index is 12.3. The molecular formula is C20H25N3O2. The van der Waals surface area contributed by atoms with Crippen LogP contribution in [0.5, 0.6) is 0 Å². The highest BCUT2D eigenvalue weighted by Gasteiger charge is 2.13. The monoisotopic (exact) mass is 339 g/mol. The Morgan fingerprint density at radius 2 is 1.40 bits per heavy atom. The van der Waals surface area contributed by atoms with E-state index in [0.717, 1.165) is 22.5 Å². The molecule has 2 aromatic carbocycles. The molecule has 0 bridgehead atoms. The number of aryl methyl sites for hydroxylation is 3. The summed E-state index contributed by atoms with van der Waals surface area (Å²) in [6.07, 6.45) is 0. The molecule has 0 aliphatic rings. The molecule has 0 unspecified atom stereocenters. The fraction of sp³-hybridized carbons (Fsp3) is 0.300. The van der Waals surface area contributed by atoms with Crippen LogP contribution in [0.15, 0.2) is 42.5 Å². The Morgan fingerprint density at radius 1 is 0.880 bits per heavy atom. The minimum atomic E-state index is -0.149. The molecule has 0 aromatic heterocycles. The maximum atomic E-state index is 12.3. The Hall–Kier alpha value is -2.66. The molecule has 5 heteroatoms. The average molecular weight is 339 g/mol. The van der Waals surface area contributed by atoms with Gasteiger partial charge in [-0.05, 0) is 51.1 Å². The lowest BCUT2D eigenvalue weighted by molar-refractivity contribution is -0.119. The Bertz CT molecular complexity index is 734. The third kappa shape index (κ3) is 5.72. The molecule has 2 amide bonds. The lowest BCUT2D eigenvalue weighted by atomic mass is 10.1. The molecule has 0 atom stereocenters. The van der Waals surface area contributed by atoms with Crippen molar-refractivity contribution in [2.75, 3.05) is 30.8 Å². The largest absolute Gasteiger partial charge is 0.325 e. The number of likely N-dealkylation sites (N-methyl/N-ethyl adjacent to an activating group) is 1. The molecule has 25 heavy (non-hydrogen) atoms. The van der Waals surface area contributed by atoms with E-state index < -0.39 is 0 Å². The Morgan fingerprint density at radius 3 is 1.96 bits per heavy atom. The Balaban J connectivity index is 1.87. The third-order valence-electron chi connectivity index (χ3n) is 3.83. The number of amides is 2. The van der Waals surface area contributed by atoms with Crippen molar-refractivity contribution in [2.24, 2.45) is 0 Å². The first-order valence-corrected chi connectivity index (χ1v) is 8.26. The summed E-state index contributed by atoms with van der Waals surface area (Å²) in [4.78, 5) is 26.0. The molecule has 0 aliphatic carbocycles. The van der Waals surface area contributed by atoms with Gasteiger partial charge in [0.25, 0.3) is 0 Å². The van der Waals surface area contributed by atoms with Gasteiger partial charge in [0, 0.05) is 11.4 Å². The number of carbonyl (C=O) groups excluding carboxylic acids is 2. The first kappa shape index (κ1) is 18.7. The van der Waals surface area contributed by atoms with Gasteiger partial charge in [0.05, 0.1) is 13.1 Å². The van der Waals surface area contributed by atoms with E-state index >= 15 is 0 Å². The van der Waals surface area contributed by atoms with Crippen LogP contribution in [-0.2, 0) is 9.59 Å². The second-order valence-electron chi connectivity index (χ2n) is 6.41. The van der Waals surface area contributed by atoms with Crippen molar-refractivity contribution in [3.05, 3.63) is 59.2 Å². The van der Waals surface area contributed by atoms with Crippen LogP contribution in [0.4, 0.5) is 11.4 Å². The highest BCUT2D eigenvalue weighted by molar-refractivity contribution is 5.95. The zero-order chi connectivity index (χ0) is 18.4. The van der Waals surface area contributed by atoms with Crippen LogP contribution in [0.1, 0.15) is 16.7 Å². The topological polar surface area (TPSA) is 61.4 Å². The molecule has 2 rings (SSSR count). The number of nitrogens with zero attached hydrogens (tertiary/aromatic N) is 1. The van der Waals surface area contributed by atoms with E-state index in [1.54, 1.807) is 11.9 Å². The maximum Gasteiger partial charge on any atom is 0.238 e. The van der Waals surface area contributed by atoms with Crippen molar-refractivity contribution in [3.8, 4) is 0 Å². The van der Waals surface area contributed by atoms with Gasteiger partial charge in [0.15, 0.2) is 0 Å². The van der Waals surface area contributed by atoms with Gasteiger partial charge >= 0.3 is 0 Å². The van der Waals surface area contributed by atoms with Crippen molar-refractivity contribution in [1.29, 1.82) is 0 Å². The molecule has 0 aliphatic heterocycles. The van der Waals surface area contributed by atoms with E-state index in [9.17, 15) is 9.59 Å². The summed E-state index contributed by atoms with van der Waals surface area (Å²) in [5.41, 5.74) is 4.84. The number of rotatable bonds is 6. The Labute approximate surface area is 149 Å². The first-order chi connectivity index (χ1) is 11.8. The minimum absolute atomic E-state index is 0.134. The van der Waals surface area contributed by atoms with Gasteiger partial charge < -0.3 is 10.6 Å². The fourth-order valence-corrected chi connectivity index (χ4v) is 2.82. The quantitative estimate of drug-likeness (QED) is 0.850. The third-order valence-corrected chi connectivity index (χ3v) is 3.83. The fourth-order valence-electron chi connectivity index (χ4n) is 2.82. The van der Waals surface area contributed by atoms with Gasteiger partial charge in [-0.2, -0.15) is 0 Å². The number of anilines is 2. The molecule has 0 saturated heterocycles. The molecule has 132 valence electrons. The molecule has 5 nitrogen and oxygen atoms in total. The second-order valence-corrected chi connectivity index (χ2v) is 6.41. The van der Waals surface area contributed by atoms with Crippen molar-refractivity contribution in [1.82, 2.24) is 4.90 Å². The highest BCUT2D eigenvalue weighted by Crippen LogP contribution is 2.21. The van der Waals surface area contributed by atoms with E-state index in [1.807, 2.05) is 63.2 Å². The summed E-state index contributed by atoms with van der Waals surface area (Å²) in [5, 5.41) is 5.76. The second kappa shape index (κ2) is 8.44. The van der Waals surface area contributed by atoms with Gasteiger partial charge in [0.1, 0.15) is 0 Å². The SMILES string of the molecule is Cc1cc(C)c(NC(=O)CN(C)CC(=O)Nc2ccccc2)c(C)c1. The zero-order valence-electron chi connectivity index (χ0n) is 15.2. The van der Waals surface area contributed by atoms with Crippen LogP contribution in [0, 0.1) is 20.8 Å². The van der Waals surface area contributed by atoms with Crippen LogP contribution >= 0.6 is 0 Å². The summed E-state index contributed by atoms with van der Waals surface area (Å²) in [5.74, 6) is -0.283. The number of para-hydroxylation sites is 1. The summed E-state index contributed by atoms with van der Waals surface area (Å²) < 4.78 is 0. The number of hydrogen-bond acceptors (Lipinski definition) is 3. The number of nitrogens with one attached hydrogen (secondary N) is 2. The van der Waals surface area contributed by atoms with Crippen LogP contribution in [-0.4, -0.2) is 36.9 Å². The van der Waals surface area contributed by atoms with Gasteiger partial charge in [-0.3, -0.25) is 14.5 Å². The van der Waals surface area contributed by atoms with Crippen molar-refractivity contribution in [2.45, 2.75) is 20.8 Å². The molecule has 0 saturated carbocycles. The van der Waals surface area contributed by atoms with Crippen LogP contribution in [0.2, 0.25) is 0 Å².